The standard InChI is InChI=1S/C3H6N6.2H3O4P.3Zn/c4-1-7-2(5)9-3(6)8-1;2*1-5(2,3)4;;;/h(H6,4,5,6,7,8,9);2*(H3,1,2,3,4);;;/q;;;3*+2/p-6. The summed E-state index contributed by atoms with van der Waals surface area (Å²) in [5.74, 6) is 0.125. The van der Waals surface area contributed by atoms with Crippen molar-refractivity contribution in [1.29, 1.82) is 0 Å². The molecular formula is C3H6N6O8P2Zn3. The second-order valence-corrected chi connectivity index (χ2v) is 4.09. The molecule has 0 aliphatic rings. The molecule has 1 rings (SSSR count). The summed E-state index contributed by atoms with van der Waals surface area (Å²) < 4.78 is 17.1. The molecule has 0 unspecified atom stereocenters. The van der Waals surface area contributed by atoms with Gasteiger partial charge in [-0.15, -0.1) is 0 Å². The van der Waals surface area contributed by atoms with E-state index in [-0.39, 0.29) is 76.3 Å². The fraction of sp³-hybridized carbons (Fsp3) is 0. The van der Waals surface area contributed by atoms with Crippen LogP contribution >= 0.6 is 15.6 Å². The molecule has 0 aliphatic heterocycles. The molecule has 0 atom stereocenters. The molecule has 6 N–H and O–H groups in total. The third-order valence-electron chi connectivity index (χ3n) is 0.687. The van der Waals surface area contributed by atoms with E-state index < -0.39 is 15.6 Å². The van der Waals surface area contributed by atoms with E-state index in [1.54, 1.807) is 0 Å². The molecule has 0 saturated heterocycles. The zero-order valence-corrected chi connectivity index (χ0v) is 21.5. The van der Waals surface area contributed by atoms with Crippen LogP contribution in [0.2, 0.25) is 0 Å². The molecule has 0 spiro atoms. The molecule has 112 valence electrons. The number of hydrogen-bond donors (Lipinski definition) is 3. The van der Waals surface area contributed by atoms with E-state index in [2.05, 4.69) is 15.0 Å². The Balaban J connectivity index is -0.0000000659. The van der Waals surface area contributed by atoms with E-state index in [0.717, 1.165) is 0 Å². The van der Waals surface area contributed by atoms with Crippen LogP contribution < -0.4 is 46.6 Å². The van der Waals surface area contributed by atoms with Gasteiger partial charge >= 0.3 is 58.4 Å². The molecule has 1 heterocycles. The van der Waals surface area contributed by atoms with Crippen LogP contribution in [0.3, 0.4) is 0 Å². The van der Waals surface area contributed by atoms with E-state index in [1.165, 1.54) is 0 Å². The predicted octanol–water partition coefficient (Wildman–Crippen LogP) is -7.04. The minimum atomic E-state index is -5.39. The van der Waals surface area contributed by atoms with E-state index in [0.29, 0.717) is 0 Å². The Morgan fingerprint density at radius 1 is 0.591 bits per heavy atom. The van der Waals surface area contributed by atoms with E-state index in [1.807, 2.05) is 0 Å². The zero-order chi connectivity index (χ0) is 15.9. The van der Waals surface area contributed by atoms with Crippen LogP contribution in [0.25, 0.3) is 0 Å². The van der Waals surface area contributed by atoms with Gasteiger partial charge in [0.2, 0.25) is 17.8 Å². The van der Waals surface area contributed by atoms with Gasteiger partial charge in [-0.05, 0) is 0 Å². The van der Waals surface area contributed by atoms with Crippen molar-refractivity contribution in [3.05, 3.63) is 0 Å². The molecule has 0 radical (unpaired) electrons. The first kappa shape index (κ1) is 34.0. The molecule has 14 nitrogen and oxygen atoms in total. The molecule has 1 aromatic heterocycles. The van der Waals surface area contributed by atoms with E-state index >= 15 is 0 Å². The Bertz CT molecular complexity index is 409. The molecule has 0 fully saturated rings. The summed E-state index contributed by atoms with van der Waals surface area (Å²) in [6, 6.07) is 0. The third kappa shape index (κ3) is 49.9. The van der Waals surface area contributed by atoms with Crippen molar-refractivity contribution in [2.45, 2.75) is 0 Å². The largest absolute Gasteiger partial charge is 2.00 e. The number of nitrogens with zero attached hydrogens (tertiary/aromatic N) is 3. The van der Waals surface area contributed by atoms with Crippen LogP contribution in [-0.2, 0) is 67.6 Å². The molecule has 0 aromatic carbocycles. The SMILES string of the molecule is Nc1nc(N)nc(N)n1.O=P([O-])([O-])[O-].O=P([O-])([O-])[O-].[Zn+2].[Zn+2].[Zn+2]. The molecule has 0 bridgehead atoms. The monoisotopic (exact) mass is 508 g/mol. The maximum absolute atomic E-state index is 8.55. The van der Waals surface area contributed by atoms with Crippen molar-refractivity contribution in [2.75, 3.05) is 17.2 Å². The number of hydrogen-bond acceptors (Lipinski definition) is 14. The Kier molecular flexibility index (Phi) is 23.2. The smallest absolute Gasteiger partial charge is 0.822 e. The van der Waals surface area contributed by atoms with Crippen LogP contribution in [0.1, 0.15) is 0 Å². The molecule has 0 saturated carbocycles. The van der Waals surface area contributed by atoms with E-state index in [9.17, 15) is 0 Å². The van der Waals surface area contributed by atoms with E-state index in [4.69, 9.17) is 55.7 Å². The molecule has 22 heavy (non-hydrogen) atoms. The zero-order valence-electron chi connectivity index (χ0n) is 10.9. The Hall–Kier alpha value is 0.500. The molecule has 0 aliphatic carbocycles. The van der Waals surface area contributed by atoms with Gasteiger partial charge in [0.1, 0.15) is 0 Å². The van der Waals surface area contributed by atoms with Crippen molar-refractivity contribution in [3.8, 4) is 0 Å². The second-order valence-electron chi connectivity index (χ2n) is 2.30. The Morgan fingerprint density at radius 2 is 0.682 bits per heavy atom. The van der Waals surface area contributed by atoms with Crippen molar-refractivity contribution in [2.24, 2.45) is 0 Å². The number of rotatable bonds is 0. The fourth-order valence-electron chi connectivity index (χ4n) is 0.427. The summed E-state index contributed by atoms with van der Waals surface area (Å²) >= 11 is 0. The summed E-state index contributed by atoms with van der Waals surface area (Å²) in [5, 5.41) is 0. The molecule has 1 aromatic rings. The number of anilines is 3. The van der Waals surface area contributed by atoms with Crippen LogP contribution in [0.15, 0.2) is 0 Å². The van der Waals surface area contributed by atoms with Gasteiger partial charge in [-0.25, -0.2) is 0 Å². The van der Waals surface area contributed by atoms with Crippen LogP contribution in [0, 0.1) is 0 Å². The van der Waals surface area contributed by atoms with Gasteiger partial charge in [0.15, 0.2) is 0 Å². The van der Waals surface area contributed by atoms with Crippen molar-refractivity contribution < 1.29 is 96.9 Å². The summed E-state index contributed by atoms with van der Waals surface area (Å²) in [4.78, 5) is 61.8. The van der Waals surface area contributed by atoms with Gasteiger partial charge in [0.05, 0.1) is 0 Å². The molecule has 19 heteroatoms. The summed E-state index contributed by atoms with van der Waals surface area (Å²) in [6.45, 7) is 0. The van der Waals surface area contributed by atoms with Crippen LogP contribution in [0.4, 0.5) is 17.8 Å². The van der Waals surface area contributed by atoms with Crippen molar-refractivity contribution >= 4 is 33.5 Å². The Morgan fingerprint density at radius 3 is 0.773 bits per heavy atom. The van der Waals surface area contributed by atoms with Gasteiger partial charge in [-0.3, -0.25) is 0 Å². The fourth-order valence-corrected chi connectivity index (χ4v) is 0.427. The summed E-state index contributed by atoms with van der Waals surface area (Å²) in [7, 11) is -10.8. The third-order valence-corrected chi connectivity index (χ3v) is 0.687. The maximum atomic E-state index is 8.55. The quantitative estimate of drug-likeness (QED) is 0.215. The van der Waals surface area contributed by atoms with Crippen molar-refractivity contribution in [3.63, 3.8) is 0 Å². The van der Waals surface area contributed by atoms with Gasteiger partial charge in [0, 0.05) is 0 Å². The minimum absolute atomic E-state index is 0. The molecular weight excluding hydrogens is 506 g/mol. The normalized spacial score (nSPS) is 9.18. The average molecular weight is 512 g/mol. The van der Waals surface area contributed by atoms with Gasteiger partial charge < -0.3 is 55.7 Å². The first-order valence-electron chi connectivity index (χ1n) is 3.67. The number of aromatic nitrogens is 3. The summed E-state index contributed by atoms with van der Waals surface area (Å²) in [5.41, 5.74) is 15.4. The first-order chi connectivity index (χ1) is 8.18. The first-order valence-corrected chi connectivity index (χ1v) is 6.59. The number of phosphoric acid groups is 2. The number of nitrogens with two attached hydrogens (primary N) is 3. The van der Waals surface area contributed by atoms with Gasteiger partial charge in [-0.2, -0.15) is 30.6 Å². The van der Waals surface area contributed by atoms with Gasteiger partial charge in [0.25, 0.3) is 0 Å². The van der Waals surface area contributed by atoms with Crippen molar-refractivity contribution in [1.82, 2.24) is 15.0 Å². The van der Waals surface area contributed by atoms with Gasteiger partial charge in [-0.1, -0.05) is 0 Å². The number of nitrogen functional groups attached to an aromatic ring is 3. The predicted molar refractivity (Wildman–Crippen MR) is 48.3 cm³/mol. The average Bonchev–Trinajstić information content (AvgIpc) is 1.91. The topological polar surface area (TPSA) is 289 Å². The maximum Gasteiger partial charge on any atom is 2.00 e. The second kappa shape index (κ2) is 15.1. The van der Waals surface area contributed by atoms with Crippen LogP contribution in [-0.4, -0.2) is 15.0 Å². The minimum Gasteiger partial charge on any atom is -0.822 e. The Labute approximate surface area is 162 Å². The van der Waals surface area contributed by atoms with Crippen LogP contribution in [0.5, 0.6) is 0 Å². The molecule has 0 amide bonds. The summed E-state index contributed by atoms with van der Waals surface area (Å²) in [6.07, 6.45) is 0.